The fourth-order valence-corrected chi connectivity index (χ4v) is 2.30. The highest BCUT2D eigenvalue weighted by molar-refractivity contribution is 5.71. The van der Waals surface area contributed by atoms with E-state index < -0.39 is 0 Å². The molecule has 16 heavy (non-hydrogen) atoms. The van der Waals surface area contributed by atoms with Gasteiger partial charge in [-0.05, 0) is 54.0 Å². The first kappa shape index (κ1) is 13.5. The highest BCUT2D eigenvalue weighted by Crippen LogP contribution is 2.30. The predicted molar refractivity (Wildman–Crippen MR) is 64.4 cm³/mol. The van der Waals surface area contributed by atoms with Gasteiger partial charge in [-0.25, -0.2) is 0 Å². The van der Waals surface area contributed by atoms with Gasteiger partial charge in [-0.15, -0.1) is 0 Å². The topological polar surface area (TPSA) is 32.8 Å². The van der Waals surface area contributed by atoms with Gasteiger partial charge < -0.3 is 14.5 Å². The molecule has 1 saturated heterocycles. The Morgan fingerprint density at radius 2 is 1.94 bits per heavy atom. The number of carbonyl (C=O) groups excluding carboxylic acids is 1. The summed E-state index contributed by atoms with van der Waals surface area (Å²) in [5, 5.41) is 0. The van der Waals surface area contributed by atoms with Crippen LogP contribution >= 0.6 is 0 Å². The van der Waals surface area contributed by atoms with Crippen LogP contribution < -0.4 is 0 Å². The second-order valence-electron chi connectivity index (χ2n) is 4.90. The Kier molecular flexibility index (Phi) is 4.74. The van der Waals surface area contributed by atoms with Crippen LogP contribution in [0.1, 0.15) is 26.2 Å². The maximum absolute atomic E-state index is 11.6. The highest BCUT2D eigenvalue weighted by atomic mass is 16.5. The quantitative estimate of drug-likeness (QED) is 0.671. The average molecular weight is 228 g/mol. The van der Waals surface area contributed by atoms with Gasteiger partial charge >= 0.3 is 5.97 Å². The molecule has 0 N–H and O–H groups in total. The van der Waals surface area contributed by atoms with Crippen molar-refractivity contribution in [3.63, 3.8) is 0 Å². The Balaban J connectivity index is 2.63. The second kappa shape index (κ2) is 5.64. The molecule has 94 valence electrons. The summed E-state index contributed by atoms with van der Waals surface area (Å²) in [6.07, 6.45) is 2.59. The van der Waals surface area contributed by atoms with Crippen LogP contribution in [-0.2, 0) is 9.53 Å². The van der Waals surface area contributed by atoms with Crippen molar-refractivity contribution in [1.29, 1.82) is 0 Å². The third-order valence-corrected chi connectivity index (χ3v) is 3.65. The first-order valence-corrected chi connectivity index (χ1v) is 6.02. The first-order chi connectivity index (χ1) is 7.50. The predicted octanol–water partition coefficient (Wildman–Crippen LogP) is 0.966. The first-order valence-electron chi connectivity index (χ1n) is 6.02. The molecular formula is C12H24N2O2. The standard InChI is InChI=1S/C12H24N2O2/c1-5-16-11(15)10-12(13(2)3)6-8-14(4)9-7-12/h5-10H2,1-4H3. The number of esters is 1. The zero-order chi connectivity index (χ0) is 12.2. The van der Waals surface area contributed by atoms with Gasteiger partial charge in [0.25, 0.3) is 0 Å². The Labute approximate surface area is 98.5 Å². The van der Waals surface area contributed by atoms with Crippen molar-refractivity contribution in [3.05, 3.63) is 0 Å². The Morgan fingerprint density at radius 3 is 2.38 bits per heavy atom. The number of nitrogens with zero attached hydrogens (tertiary/aromatic N) is 2. The van der Waals surface area contributed by atoms with Gasteiger partial charge in [0, 0.05) is 5.54 Å². The third kappa shape index (κ3) is 3.19. The highest BCUT2D eigenvalue weighted by Gasteiger charge is 2.38. The normalized spacial score (nSPS) is 21.1. The minimum absolute atomic E-state index is 0.00123. The summed E-state index contributed by atoms with van der Waals surface area (Å²) < 4.78 is 5.07. The van der Waals surface area contributed by atoms with E-state index in [2.05, 4.69) is 30.9 Å². The van der Waals surface area contributed by atoms with Crippen LogP contribution in [0, 0.1) is 0 Å². The van der Waals surface area contributed by atoms with Crippen molar-refractivity contribution in [3.8, 4) is 0 Å². The summed E-state index contributed by atoms with van der Waals surface area (Å²) >= 11 is 0. The molecule has 4 nitrogen and oxygen atoms in total. The molecule has 0 aromatic heterocycles. The van der Waals surface area contributed by atoms with E-state index in [1.54, 1.807) is 0 Å². The fraction of sp³-hybridized carbons (Fsp3) is 0.917. The average Bonchev–Trinajstić information content (AvgIpc) is 2.22. The minimum Gasteiger partial charge on any atom is -0.466 e. The van der Waals surface area contributed by atoms with E-state index in [0.29, 0.717) is 13.0 Å². The molecule has 0 atom stereocenters. The molecule has 0 bridgehead atoms. The number of hydrogen-bond acceptors (Lipinski definition) is 4. The number of rotatable bonds is 4. The van der Waals surface area contributed by atoms with E-state index in [4.69, 9.17) is 4.74 Å². The number of carbonyl (C=O) groups is 1. The zero-order valence-corrected chi connectivity index (χ0v) is 11.0. The van der Waals surface area contributed by atoms with Gasteiger partial charge in [0.05, 0.1) is 13.0 Å². The van der Waals surface area contributed by atoms with E-state index in [9.17, 15) is 4.79 Å². The van der Waals surface area contributed by atoms with Crippen molar-refractivity contribution in [2.75, 3.05) is 40.8 Å². The summed E-state index contributed by atoms with van der Waals surface area (Å²) in [5.74, 6) is -0.0687. The molecule has 4 heteroatoms. The molecule has 0 amide bonds. The van der Waals surface area contributed by atoms with Crippen LogP contribution in [-0.4, -0.2) is 62.1 Å². The maximum Gasteiger partial charge on any atom is 0.307 e. The lowest BCUT2D eigenvalue weighted by atomic mass is 9.83. The molecule has 1 heterocycles. The van der Waals surface area contributed by atoms with Gasteiger partial charge in [-0.1, -0.05) is 0 Å². The van der Waals surface area contributed by atoms with E-state index in [1.165, 1.54) is 0 Å². The van der Waals surface area contributed by atoms with E-state index in [0.717, 1.165) is 25.9 Å². The monoisotopic (exact) mass is 228 g/mol. The zero-order valence-electron chi connectivity index (χ0n) is 11.0. The molecule has 0 aromatic rings. The van der Waals surface area contributed by atoms with Crippen LogP contribution in [0.3, 0.4) is 0 Å². The summed E-state index contributed by atoms with van der Waals surface area (Å²) in [6.45, 7) is 4.44. The summed E-state index contributed by atoms with van der Waals surface area (Å²) in [4.78, 5) is 16.1. The molecule has 1 fully saturated rings. The van der Waals surface area contributed by atoms with Crippen molar-refractivity contribution in [2.24, 2.45) is 0 Å². The molecule has 1 rings (SSSR count). The number of hydrogen-bond donors (Lipinski definition) is 0. The van der Waals surface area contributed by atoms with E-state index >= 15 is 0 Å². The second-order valence-corrected chi connectivity index (χ2v) is 4.90. The summed E-state index contributed by atoms with van der Waals surface area (Å²) in [7, 11) is 6.25. The van der Waals surface area contributed by atoms with Gasteiger partial charge in [-0.2, -0.15) is 0 Å². The van der Waals surface area contributed by atoms with Gasteiger partial charge in [-0.3, -0.25) is 4.79 Å². The number of ether oxygens (including phenoxy) is 1. The minimum atomic E-state index is -0.0687. The van der Waals surface area contributed by atoms with Gasteiger partial charge in [0.1, 0.15) is 0 Å². The van der Waals surface area contributed by atoms with Crippen molar-refractivity contribution in [2.45, 2.75) is 31.7 Å². The van der Waals surface area contributed by atoms with Crippen LogP contribution in [0.25, 0.3) is 0 Å². The largest absolute Gasteiger partial charge is 0.466 e. The molecule has 0 aromatic carbocycles. The molecule has 0 aliphatic carbocycles. The molecule has 0 saturated carbocycles. The Morgan fingerprint density at radius 1 is 1.38 bits per heavy atom. The SMILES string of the molecule is CCOC(=O)CC1(N(C)C)CCN(C)CC1. The molecular weight excluding hydrogens is 204 g/mol. The lowest BCUT2D eigenvalue weighted by Gasteiger charge is -2.44. The summed E-state index contributed by atoms with van der Waals surface area (Å²) in [6, 6.07) is 0. The Bertz CT molecular complexity index is 233. The molecule has 0 radical (unpaired) electrons. The number of likely N-dealkylation sites (tertiary alicyclic amines) is 1. The third-order valence-electron chi connectivity index (χ3n) is 3.65. The molecule has 1 aliphatic rings. The molecule has 1 aliphatic heterocycles. The molecule has 0 unspecified atom stereocenters. The van der Waals surface area contributed by atoms with E-state index in [1.807, 2.05) is 6.92 Å². The van der Waals surface area contributed by atoms with Gasteiger partial charge in [0.2, 0.25) is 0 Å². The van der Waals surface area contributed by atoms with Crippen LogP contribution in [0.5, 0.6) is 0 Å². The van der Waals surface area contributed by atoms with Crippen LogP contribution in [0.2, 0.25) is 0 Å². The molecule has 0 spiro atoms. The van der Waals surface area contributed by atoms with Crippen molar-refractivity contribution in [1.82, 2.24) is 9.80 Å². The lowest BCUT2D eigenvalue weighted by molar-refractivity contribution is -0.147. The lowest BCUT2D eigenvalue weighted by Crippen LogP contribution is -2.53. The fourth-order valence-electron chi connectivity index (χ4n) is 2.30. The van der Waals surface area contributed by atoms with Crippen molar-refractivity contribution >= 4 is 5.97 Å². The Hall–Kier alpha value is -0.610. The summed E-state index contributed by atoms with van der Waals surface area (Å²) in [5.41, 5.74) is -0.00123. The van der Waals surface area contributed by atoms with Gasteiger partial charge in [0.15, 0.2) is 0 Å². The van der Waals surface area contributed by atoms with Crippen LogP contribution in [0.15, 0.2) is 0 Å². The maximum atomic E-state index is 11.6. The number of piperidine rings is 1. The smallest absolute Gasteiger partial charge is 0.307 e. The van der Waals surface area contributed by atoms with E-state index in [-0.39, 0.29) is 11.5 Å². The van der Waals surface area contributed by atoms with Crippen molar-refractivity contribution < 1.29 is 9.53 Å². The van der Waals surface area contributed by atoms with Crippen LogP contribution in [0.4, 0.5) is 0 Å².